The second kappa shape index (κ2) is 9.65. The monoisotopic (exact) mass is 445 g/mol. The number of Topliss-reactive ketones (excluding diaryl/α,β-unsaturated/α-hetero) is 1. The number of amides is 1. The van der Waals surface area contributed by atoms with Crippen LogP contribution < -0.4 is 5.32 Å². The maximum atomic E-state index is 12.9. The molecule has 0 bridgehead atoms. The van der Waals surface area contributed by atoms with Crippen molar-refractivity contribution in [2.75, 3.05) is 6.54 Å². The quantitative estimate of drug-likeness (QED) is 0.509. The molecule has 1 unspecified atom stereocenters. The molecule has 1 atom stereocenters. The number of hydrogen-bond donors (Lipinski definition) is 1. The summed E-state index contributed by atoms with van der Waals surface area (Å²) < 4.78 is 5.50. The number of halogens is 2. The van der Waals surface area contributed by atoms with E-state index in [-0.39, 0.29) is 12.2 Å². The molecule has 0 saturated heterocycles. The average molecular weight is 446 g/mol. The zero-order valence-corrected chi connectivity index (χ0v) is 17.4. The van der Waals surface area contributed by atoms with Gasteiger partial charge in [0.25, 0.3) is 5.91 Å². The van der Waals surface area contributed by atoms with Crippen LogP contribution in [0.25, 0.3) is 11.3 Å². The van der Waals surface area contributed by atoms with Crippen LogP contribution in [0.2, 0.25) is 10.0 Å². The molecule has 0 spiro atoms. The largest absolute Gasteiger partial charge is 0.435 e. The number of oxazole rings is 1. The minimum atomic E-state index is -1.03. The van der Waals surface area contributed by atoms with E-state index in [0.717, 1.165) is 0 Å². The molecule has 1 N–H and O–H groups in total. The first kappa shape index (κ1) is 21.7. The van der Waals surface area contributed by atoms with E-state index < -0.39 is 24.3 Å². The molecule has 0 aliphatic rings. The van der Waals surface area contributed by atoms with Crippen LogP contribution in [0.15, 0.2) is 58.1 Å². The topological polar surface area (TPSA) is 102 Å². The van der Waals surface area contributed by atoms with Gasteiger partial charge in [-0.25, -0.2) is 4.98 Å². The molecule has 0 aliphatic heterocycles. The maximum Gasteiger partial charge on any atom is 0.289 e. The number of hydrogen-bond acceptors (Lipinski definition) is 6. The lowest BCUT2D eigenvalue weighted by Crippen LogP contribution is -2.43. The van der Waals surface area contributed by atoms with Crippen molar-refractivity contribution < 1.29 is 14.0 Å². The number of carbonyl (C=O) groups is 2. The van der Waals surface area contributed by atoms with Crippen molar-refractivity contribution in [2.24, 2.45) is 5.18 Å². The third-order valence-electron chi connectivity index (χ3n) is 4.26. The van der Waals surface area contributed by atoms with E-state index in [1.165, 1.54) is 0 Å². The Morgan fingerprint density at radius 3 is 2.43 bits per heavy atom. The zero-order chi connectivity index (χ0) is 21.7. The van der Waals surface area contributed by atoms with E-state index in [0.29, 0.717) is 32.8 Å². The number of nitrogens with zero attached hydrogens (tertiary/aromatic N) is 2. The van der Waals surface area contributed by atoms with Gasteiger partial charge < -0.3 is 9.73 Å². The molecule has 9 heteroatoms. The van der Waals surface area contributed by atoms with Crippen molar-refractivity contribution in [3.8, 4) is 11.3 Å². The highest BCUT2D eigenvalue weighted by Gasteiger charge is 2.27. The first-order valence-corrected chi connectivity index (χ1v) is 9.73. The molecule has 0 saturated carbocycles. The van der Waals surface area contributed by atoms with E-state index in [4.69, 9.17) is 27.6 Å². The first-order chi connectivity index (χ1) is 14.4. The molecule has 0 fully saturated rings. The molecule has 3 aromatic rings. The molecule has 2 aromatic carbocycles. The number of aromatic nitrogens is 1. The summed E-state index contributed by atoms with van der Waals surface area (Å²) in [6, 6.07) is 12.8. The SMILES string of the molecule is Cc1nc(-c2ccccc2)c(C(=O)NC(Cc2cc(Cl)cc(Cl)c2)C(=O)CN=O)o1. The Balaban J connectivity index is 1.88. The molecule has 30 heavy (non-hydrogen) atoms. The van der Waals surface area contributed by atoms with Crippen molar-refractivity contribution in [3.63, 3.8) is 0 Å². The van der Waals surface area contributed by atoms with E-state index in [1.807, 2.05) is 18.2 Å². The highest BCUT2D eigenvalue weighted by molar-refractivity contribution is 6.34. The van der Waals surface area contributed by atoms with E-state index >= 15 is 0 Å². The van der Waals surface area contributed by atoms with Crippen LogP contribution >= 0.6 is 23.2 Å². The zero-order valence-electron chi connectivity index (χ0n) is 15.9. The van der Waals surface area contributed by atoms with Crippen molar-refractivity contribution in [2.45, 2.75) is 19.4 Å². The van der Waals surface area contributed by atoms with E-state index in [2.05, 4.69) is 15.5 Å². The number of nitroso groups, excluding NO2 is 1. The fraction of sp³-hybridized carbons (Fsp3) is 0.190. The van der Waals surface area contributed by atoms with Crippen molar-refractivity contribution in [3.05, 3.63) is 80.7 Å². The van der Waals surface area contributed by atoms with E-state index in [1.54, 1.807) is 37.3 Å². The van der Waals surface area contributed by atoms with Gasteiger partial charge in [0.15, 0.2) is 11.7 Å². The molecule has 7 nitrogen and oxygen atoms in total. The van der Waals surface area contributed by atoms with Crippen LogP contribution in [0.1, 0.15) is 22.0 Å². The molecule has 154 valence electrons. The minimum Gasteiger partial charge on any atom is -0.435 e. The predicted molar refractivity (Wildman–Crippen MR) is 114 cm³/mol. The fourth-order valence-corrected chi connectivity index (χ4v) is 3.55. The van der Waals surface area contributed by atoms with Gasteiger partial charge in [-0.2, -0.15) is 4.91 Å². The second-order valence-electron chi connectivity index (χ2n) is 6.54. The summed E-state index contributed by atoms with van der Waals surface area (Å²) in [7, 11) is 0. The highest BCUT2D eigenvalue weighted by Crippen LogP contribution is 2.24. The third-order valence-corrected chi connectivity index (χ3v) is 4.70. The summed E-state index contributed by atoms with van der Waals surface area (Å²) in [6.45, 7) is 1.04. The van der Waals surface area contributed by atoms with Gasteiger partial charge in [0.1, 0.15) is 12.2 Å². The second-order valence-corrected chi connectivity index (χ2v) is 7.41. The van der Waals surface area contributed by atoms with Crippen LogP contribution in [-0.2, 0) is 11.2 Å². The first-order valence-electron chi connectivity index (χ1n) is 8.98. The fourth-order valence-electron chi connectivity index (χ4n) is 2.98. The van der Waals surface area contributed by atoms with Crippen LogP contribution in [-0.4, -0.2) is 29.3 Å². The lowest BCUT2D eigenvalue weighted by molar-refractivity contribution is -0.119. The van der Waals surface area contributed by atoms with Gasteiger partial charge in [0, 0.05) is 22.5 Å². The van der Waals surface area contributed by atoms with Gasteiger partial charge in [-0.15, -0.1) is 0 Å². The molecule has 1 aromatic heterocycles. The molecular weight excluding hydrogens is 429 g/mol. The lowest BCUT2D eigenvalue weighted by atomic mass is 10.0. The van der Waals surface area contributed by atoms with Gasteiger partial charge in [-0.05, 0) is 30.2 Å². The smallest absolute Gasteiger partial charge is 0.289 e. The summed E-state index contributed by atoms with van der Waals surface area (Å²) in [5, 5.41) is 6.04. The molecule has 1 heterocycles. The number of benzene rings is 2. The predicted octanol–water partition coefficient (Wildman–Crippen LogP) is 4.63. The number of aryl methyl sites for hydroxylation is 1. The van der Waals surface area contributed by atoms with Crippen LogP contribution in [0.4, 0.5) is 0 Å². The molecule has 1 amide bonds. The standard InChI is InChI=1S/C21H17Cl2N3O4/c1-12-25-19(14-5-3-2-4-6-14)20(30-12)21(28)26-17(18(27)11-24-29)9-13-7-15(22)10-16(23)8-13/h2-8,10,17H,9,11H2,1H3,(H,26,28). The summed E-state index contributed by atoms with van der Waals surface area (Å²) in [4.78, 5) is 40.3. The number of rotatable bonds is 8. The van der Waals surface area contributed by atoms with Gasteiger partial charge in [-0.1, -0.05) is 58.7 Å². The highest BCUT2D eigenvalue weighted by atomic mass is 35.5. The maximum absolute atomic E-state index is 12.9. The van der Waals surface area contributed by atoms with Gasteiger partial charge in [0.05, 0.1) is 6.04 Å². The minimum absolute atomic E-state index is 0.0281. The van der Waals surface area contributed by atoms with Gasteiger partial charge >= 0.3 is 0 Å². The number of carbonyl (C=O) groups excluding carboxylic acids is 2. The summed E-state index contributed by atoms with van der Waals surface area (Å²) >= 11 is 12.0. The molecule has 0 aliphatic carbocycles. The summed E-state index contributed by atoms with van der Waals surface area (Å²) in [6.07, 6.45) is 0.0775. The van der Waals surface area contributed by atoms with Crippen LogP contribution in [0.5, 0.6) is 0 Å². The van der Waals surface area contributed by atoms with E-state index in [9.17, 15) is 14.5 Å². The van der Waals surface area contributed by atoms with Gasteiger partial charge in [-0.3, -0.25) is 9.59 Å². The number of nitrogens with one attached hydrogen (secondary N) is 1. The molecule has 0 radical (unpaired) electrons. The Bertz CT molecular complexity index is 1060. The van der Waals surface area contributed by atoms with Gasteiger partial charge in [0.2, 0.25) is 5.76 Å². The summed E-state index contributed by atoms with van der Waals surface area (Å²) in [5.74, 6) is -0.906. The lowest BCUT2D eigenvalue weighted by Gasteiger charge is -2.16. The Hall–Kier alpha value is -3.03. The molecular formula is C21H17Cl2N3O4. The van der Waals surface area contributed by atoms with Crippen LogP contribution in [0, 0.1) is 11.8 Å². The Labute approximate surface area is 182 Å². The number of ketones is 1. The average Bonchev–Trinajstić information content (AvgIpc) is 3.09. The normalized spacial score (nSPS) is 11.7. The van der Waals surface area contributed by atoms with Crippen molar-refractivity contribution in [1.29, 1.82) is 0 Å². The van der Waals surface area contributed by atoms with Crippen molar-refractivity contribution in [1.82, 2.24) is 10.3 Å². The Kier molecular flexibility index (Phi) is 6.97. The third kappa shape index (κ3) is 5.31. The Morgan fingerprint density at radius 2 is 1.80 bits per heavy atom. The molecule has 3 rings (SSSR count). The van der Waals surface area contributed by atoms with Crippen LogP contribution in [0.3, 0.4) is 0 Å². The van der Waals surface area contributed by atoms with Crippen molar-refractivity contribution >= 4 is 34.9 Å². The summed E-state index contributed by atoms with van der Waals surface area (Å²) in [5.41, 5.74) is 1.67. The Morgan fingerprint density at radius 1 is 1.13 bits per heavy atom.